The fourth-order valence-electron chi connectivity index (χ4n) is 2.62. The summed E-state index contributed by atoms with van der Waals surface area (Å²) in [5.74, 6) is 0.869. The summed E-state index contributed by atoms with van der Waals surface area (Å²) in [7, 11) is 1.70. The van der Waals surface area contributed by atoms with Crippen LogP contribution in [-0.4, -0.2) is 31.7 Å². The SMILES string of the molecule is CCCCNCCCCCNc1cc(OC)cc2cccnc12. The molecule has 0 radical (unpaired) electrons. The van der Waals surface area contributed by atoms with Gasteiger partial charge in [0.25, 0.3) is 0 Å². The number of nitrogens with zero attached hydrogens (tertiary/aromatic N) is 1. The number of benzene rings is 1. The van der Waals surface area contributed by atoms with Gasteiger partial charge in [-0.3, -0.25) is 4.98 Å². The fourth-order valence-corrected chi connectivity index (χ4v) is 2.62. The first-order valence-electron chi connectivity index (χ1n) is 8.72. The third kappa shape index (κ3) is 5.71. The maximum Gasteiger partial charge on any atom is 0.121 e. The molecule has 1 aromatic carbocycles. The number of hydrogen-bond donors (Lipinski definition) is 2. The molecular weight excluding hydrogens is 286 g/mol. The van der Waals surface area contributed by atoms with Crippen LogP contribution in [0.15, 0.2) is 30.5 Å². The summed E-state index contributed by atoms with van der Waals surface area (Å²) in [4.78, 5) is 4.49. The highest BCUT2D eigenvalue weighted by Gasteiger charge is 2.05. The van der Waals surface area contributed by atoms with Crippen LogP contribution in [0.5, 0.6) is 5.75 Å². The van der Waals surface area contributed by atoms with Crippen molar-refractivity contribution in [1.29, 1.82) is 0 Å². The van der Waals surface area contributed by atoms with Gasteiger partial charge in [-0.2, -0.15) is 0 Å². The quantitative estimate of drug-likeness (QED) is 0.610. The van der Waals surface area contributed by atoms with E-state index in [4.69, 9.17) is 4.74 Å². The summed E-state index contributed by atoms with van der Waals surface area (Å²) in [6.45, 7) is 5.47. The number of rotatable bonds is 11. The first-order chi connectivity index (χ1) is 11.3. The highest BCUT2D eigenvalue weighted by atomic mass is 16.5. The summed E-state index contributed by atoms with van der Waals surface area (Å²) in [5.41, 5.74) is 2.07. The monoisotopic (exact) mass is 315 g/mol. The zero-order chi connectivity index (χ0) is 16.3. The average Bonchev–Trinajstić information content (AvgIpc) is 2.60. The molecule has 0 fully saturated rings. The van der Waals surface area contributed by atoms with E-state index in [2.05, 4.69) is 28.6 Å². The molecule has 126 valence electrons. The third-order valence-electron chi connectivity index (χ3n) is 3.97. The summed E-state index contributed by atoms with van der Waals surface area (Å²) < 4.78 is 5.38. The average molecular weight is 315 g/mol. The third-order valence-corrected chi connectivity index (χ3v) is 3.97. The molecule has 0 atom stereocenters. The predicted octanol–water partition coefficient (Wildman–Crippen LogP) is 4.22. The Labute approximate surface area is 139 Å². The highest BCUT2D eigenvalue weighted by Crippen LogP contribution is 2.27. The lowest BCUT2D eigenvalue weighted by molar-refractivity contribution is 0.415. The lowest BCUT2D eigenvalue weighted by Gasteiger charge is -2.11. The topological polar surface area (TPSA) is 46.2 Å². The number of pyridine rings is 1. The number of fused-ring (bicyclic) bond motifs is 1. The number of nitrogens with one attached hydrogen (secondary N) is 2. The molecule has 23 heavy (non-hydrogen) atoms. The maximum absolute atomic E-state index is 5.38. The van der Waals surface area contributed by atoms with E-state index in [1.807, 2.05) is 24.4 Å². The van der Waals surface area contributed by atoms with Crippen LogP contribution in [0.1, 0.15) is 39.0 Å². The fraction of sp³-hybridized carbons (Fsp3) is 0.526. The maximum atomic E-state index is 5.38. The minimum Gasteiger partial charge on any atom is -0.497 e. The molecule has 0 spiro atoms. The number of ether oxygens (including phenoxy) is 1. The van der Waals surface area contributed by atoms with Gasteiger partial charge in [-0.25, -0.2) is 0 Å². The lowest BCUT2D eigenvalue weighted by Crippen LogP contribution is -2.16. The van der Waals surface area contributed by atoms with E-state index < -0.39 is 0 Å². The van der Waals surface area contributed by atoms with E-state index in [1.54, 1.807) is 7.11 Å². The molecule has 1 heterocycles. The Morgan fingerprint density at radius 1 is 1.04 bits per heavy atom. The summed E-state index contributed by atoms with van der Waals surface area (Å²) in [5, 5.41) is 8.10. The van der Waals surface area contributed by atoms with Crippen LogP contribution in [-0.2, 0) is 0 Å². The second kappa shape index (κ2) is 10.1. The van der Waals surface area contributed by atoms with Crippen LogP contribution in [0, 0.1) is 0 Å². The Bertz CT molecular complexity index is 586. The first kappa shape index (κ1) is 17.5. The van der Waals surface area contributed by atoms with Crippen molar-refractivity contribution in [2.45, 2.75) is 39.0 Å². The second-order valence-electron chi connectivity index (χ2n) is 5.84. The molecule has 1 aromatic heterocycles. The summed E-state index contributed by atoms with van der Waals surface area (Å²) in [6.07, 6.45) is 8.02. The van der Waals surface area contributed by atoms with Gasteiger partial charge in [0.1, 0.15) is 5.75 Å². The zero-order valence-electron chi connectivity index (χ0n) is 14.4. The Morgan fingerprint density at radius 2 is 1.87 bits per heavy atom. The molecule has 0 saturated carbocycles. The second-order valence-corrected chi connectivity index (χ2v) is 5.84. The van der Waals surface area contributed by atoms with Gasteiger partial charge in [-0.15, -0.1) is 0 Å². The molecule has 4 nitrogen and oxygen atoms in total. The van der Waals surface area contributed by atoms with Crippen LogP contribution in [0.25, 0.3) is 10.9 Å². The molecule has 0 aliphatic carbocycles. The minimum atomic E-state index is 0.869. The molecule has 0 aliphatic rings. The van der Waals surface area contributed by atoms with Gasteiger partial charge in [0.15, 0.2) is 0 Å². The van der Waals surface area contributed by atoms with E-state index in [0.29, 0.717) is 0 Å². The van der Waals surface area contributed by atoms with E-state index in [0.717, 1.165) is 42.0 Å². The largest absolute Gasteiger partial charge is 0.497 e. The molecule has 0 bridgehead atoms. The van der Waals surface area contributed by atoms with Gasteiger partial charge in [0.05, 0.1) is 18.3 Å². The van der Waals surface area contributed by atoms with Crippen LogP contribution >= 0.6 is 0 Å². The number of anilines is 1. The number of unbranched alkanes of at least 4 members (excludes halogenated alkanes) is 3. The molecule has 2 rings (SSSR count). The predicted molar refractivity (Wildman–Crippen MR) is 98.4 cm³/mol. The first-order valence-corrected chi connectivity index (χ1v) is 8.72. The van der Waals surface area contributed by atoms with Crippen molar-refractivity contribution >= 4 is 16.6 Å². The van der Waals surface area contributed by atoms with E-state index in [9.17, 15) is 0 Å². The normalized spacial score (nSPS) is 10.9. The molecule has 0 aliphatic heterocycles. The number of aromatic nitrogens is 1. The van der Waals surface area contributed by atoms with Crippen LogP contribution in [0.3, 0.4) is 0 Å². The molecule has 0 saturated heterocycles. The van der Waals surface area contributed by atoms with Crippen molar-refractivity contribution in [2.75, 3.05) is 32.1 Å². The zero-order valence-corrected chi connectivity index (χ0v) is 14.4. The Hall–Kier alpha value is -1.81. The van der Waals surface area contributed by atoms with Crippen molar-refractivity contribution in [2.24, 2.45) is 0 Å². The van der Waals surface area contributed by atoms with Gasteiger partial charge < -0.3 is 15.4 Å². The van der Waals surface area contributed by atoms with Crippen molar-refractivity contribution in [3.8, 4) is 5.75 Å². The van der Waals surface area contributed by atoms with Crippen molar-refractivity contribution < 1.29 is 4.74 Å². The summed E-state index contributed by atoms with van der Waals surface area (Å²) >= 11 is 0. The molecule has 0 amide bonds. The number of hydrogen-bond acceptors (Lipinski definition) is 4. The smallest absolute Gasteiger partial charge is 0.121 e. The van der Waals surface area contributed by atoms with E-state index in [1.165, 1.54) is 32.1 Å². The standard InChI is InChI=1S/C19H29N3O/c1-3-4-10-20-11-6-5-7-12-21-18-15-17(23-2)14-16-9-8-13-22-19(16)18/h8-9,13-15,20-21H,3-7,10-12H2,1-2H3. The highest BCUT2D eigenvalue weighted by molar-refractivity contribution is 5.91. The van der Waals surface area contributed by atoms with Crippen molar-refractivity contribution in [1.82, 2.24) is 10.3 Å². The van der Waals surface area contributed by atoms with E-state index in [-0.39, 0.29) is 0 Å². The molecule has 2 aromatic rings. The van der Waals surface area contributed by atoms with Gasteiger partial charge >= 0.3 is 0 Å². The van der Waals surface area contributed by atoms with Crippen molar-refractivity contribution in [3.63, 3.8) is 0 Å². The molecular formula is C19H29N3O. The van der Waals surface area contributed by atoms with Gasteiger partial charge in [0, 0.05) is 24.2 Å². The Morgan fingerprint density at radius 3 is 2.70 bits per heavy atom. The van der Waals surface area contributed by atoms with Gasteiger partial charge in [-0.1, -0.05) is 25.8 Å². The van der Waals surface area contributed by atoms with Gasteiger partial charge in [0.2, 0.25) is 0 Å². The Balaban J connectivity index is 1.76. The van der Waals surface area contributed by atoms with Crippen LogP contribution in [0.2, 0.25) is 0 Å². The Kier molecular flexibility index (Phi) is 7.67. The minimum absolute atomic E-state index is 0.869. The lowest BCUT2D eigenvalue weighted by atomic mass is 10.1. The molecule has 0 unspecified atom stereocenters. The van der Waals surface area contributed by atoms with Gasteiger partial charge in [-0.05, 0) is 44.5 Å². The number of methoxy groups -OCH3 is 1. The molecule has 2 N–H and O–H groups in total. The summed E-state index contributed by atoms with van der Waals surface area (Å²) in [6, 6.07) is 8.08. The molecule has 4 heteroatoms. The van der Waals surface area contributed by atoms with E-state index >= 15 is 0 Å². The van der Waals surface area contributed by atoms with Crippen LogP contribution < -0.4 is 15.4 Å². The van der Waals surface area contributed by atoms with Crippen LogP contribution in [0.4, 0.5) is 5.69 Å². The van der Waals surface area contributed by atoms with Crippen molar-refractivity contribution in [3.05, 3.63) is 30.5 Å².